The van der Waals surface area contributed by atoms with E-state index in [4.69, 9.17) is 24.4 Å². The third kappa shape index (κ3) is 9.64. The quantitative estimate of drug-likeness (QED) is 0.185. The number of anilines is 1. The highest BCUT2D eigenvalue weighted by molar-refractivity contribution is 5.95. The first kappa shape index (κ1) is 28.9. The molecule has 3 aromatic carbocycles. The van der Waals surface area contributed by atoms with Gasteiger partial charge in [0.1, 0.15) is 24.2 Å². The van der Waals surface area contributed by atoms with Crippen molar-refractivity contribution >= 4 is 23.5 Å². The van der Waals surface area contributed by atoms with Gasteiger partial charge in [0.15, 0.2) is 11.9 Å². The number of benzene rings is 3. The minimum atomic E-state index is -1.06. The molecule has 2 atom stereocenters. The van der Waals surface area contributed by atoms with Crippen molar-refractivity contribution in [1.82, 2.24) is 0 Å². The van der Waals surface area contributed by atoms with Crippen molar-refractivity contribution < 1.29 is 38.8 Å². The molecule has 0 spiro atoms. The van der Waals surface area contributed by atoms with Gasteiger partial charge in [-0.2, -0.15) is 0 Å². The van der Waals surface area contributed by atoms with Crippen LogP contribution in [0.3, 0.4) is 0 Å². The van der Waals surface area contributed by atoms with Crippen LogP contribution in [-0.4, -0.2) is 47.4 Å². The Morgan fingerprint density at radius 1 is 0.923 bits per heavy atom. The number of para-hydroxylation sites is 1. The Bertz CT molecular complexity index is 1240. The zero-order valence-electron chi connectivity index (χ0n) is 21.5. The van der Waals surface area contributed by atoms with Crippen molar-refractivity contribution in [3.05, 3.63) is 102 Å². The highest BCUT2D eigenvalue weighted by Gasteiger charge is 2.29. The standard InChI is InChI=1S/C30H31NO8/c1-21(33)22-11-15-24(16-12-22)31-30(36)39-29(23-13-17-25(18-14-23)37-20-19-32)27(9-5-6-10-28(34)35)38-26-7-3-2-4-8-26/h2-4,6-8,10-18,27,29,32H,5,9,19-20H2,1H3,(H,31,36)(H,34,35)/b10-6+/t27-,29-/m0/s1. The molecular weight excluding hydrogens is 502 g/mol. The summed E-state index contributed by atoms with van der Waals surface area (Å²) in [6, 6.07) is 22.3. The van der Waals surface area contributed by atoms with Crippen molar-refractivity contribution in [2.24, 2.45) is 0 Å². The highest BCUT2D eigenvalue weighted by Crippen LogP contribution is 2.30. The van der Waals surface area contributed by atoms with Gasteiger partial charge in [0.05, 0.1) is 6.61 Å². The molecule has 3 aromatic rings. The fourth-order valence-electron chi connectivity index (χ4n) is 3.72. The number of carbonyl (C=O) groups excluding carboxylic acids is 2. The van der Waals surface area contributed by atoms with Gasteiger partial charge in [0.25, 0.3) is 0 Å². The van der Waals surface area contributed by atoms with Crippen molar-refractivity contribution in [3.8, 4) is 11.5 Å². The summed E-state index contributed by atoms with van der Waals surface area (Å²) in [7, 11) is 0. The largest absolute Gasteiger partial charge is 0.491 e. The van der Waals surface area contributed by atoms with E-state index in [9.17, 15) is 14.4 Å². The van der Waals surface area contributed by atoms with Gasteiger partial charge >= 0.3 is 12.1 Å². The van der Waals surface area contributed by atoms with Crippen LogP contribution in [0, 0.1) is 0 Å². The first-order valence-electron chi connectivity index (χ1n) is 12.4. The van der Waals surface area contributed by atoms with Gasteiger partial charge in [-0.05, 0) is 73.9 Å². The van der Waals surface area contributed by atoms with Gasteiger partial charge in [0.2, 0.25) is 0 Å². The Morgan fingerprint density at radius 3 is 2.23 bits per heavy atom. The number of carboxylic acid groups (broad SMARTS) is 1. The number of aliphatic hydroxyl groups is 1. The summed E-state index contributed by atoms with van der Waals surface area (Å²) < 4.78 is 17.6. The number of carboxylic acids is 1. The van der Waals surface area contributed by atoms with Crippen LogP contribution in [-0.2, 0) is 9.53 Å². The number of ether oxygens (including phenoxy) is 3. The molecule has 0 unspecified atom stereocenters. The lowest BCUT2D eigenvalue weighted by molar-refractivity contribution is -0.131. The van der Waals surface area contributed by atoms with Gasteiger partial charge in [-0.3, -0.25) is 10.1 Å². The average molecular weight is 534 g/mol. The van der Waals surface area contributed by atoms with Crippen LogP contribution in [0.5, 0.6) is 11.5 Å². The van der Waals surface area contributed by atoms with Gasteiger partial charge in [0, 0.05) is 17.3 Å². The molecule has 0 aliphatic rings. The van der Waals surface area contributed by atoms with E-state index in [1.807, 2.05) is 18.2 Å². The minimum absolute atomic E-state index is 0.0894. The Kier molecular flexibility index (Phi) is 11.1. The van der Waals surface area contributed by atoms with E-state index >= 15 is 0 Å². The lowest BCUT2D eigenvalue weighted by Gasteiger charge is -2.28. The summed E-state index contributed by atoms with van der Waals surface area (Å²) in [5, 5.41) is 20.6. The molecule has 0 saturated carbocycles. The molecule has 1 amide bonds. The summed E-state index contributed by atoms with van der Waals surface area (Å²) in [4.78, 5) is 35.5. The Labute approximate surface area is 226 Å². The number of aliphatic hydroxyl groups excluding tert-OH is 1. The maximum absolute atomic E-state index is 13.0. The van der Waals surface area contributed by atoms with Crippen LogP contribution in [0.1, 0.15) is 41.8 Å². The molecule has 0 bridgehead atoms. The smallest absolute Gasteiger partial charge is 0.412 e. The maximum Gasteiger partial charge on any atom is 0.412 e. The topological polar surface area (TPSA) is 131 Å². The molecule has 204 valence electrons. The molecule has 0 aromatic heterocycles. The monoisotopic (exact) mass is 533 g/mol. The van der Waals surface area contributed by atoms with E-state index < -0.39 is 24.3 Å². The molecule has 0 fully saturated rings. The second-order valence-corrected chi connectivity index (χ2v) is 8.51. The number of allylic oxidation sites excluding steroid dienone is 1. The molecule has 0 aliphatic heterocycles. The number of hydrogen-bond acceptors (Lipinski definition) is 7. The van der Waals surface area contributed by atoms with Crippen LogP contribution in [0.15, 0.2) is 91.0 Å². The molecular formula is C30H31NO8. The Balaban J connectivity index is 1.87. The average Bonchev–Trinajstić information content (AvgIpc) is 2.93. The number of Topliss-reactive ketones (excluding diaryl/α,β-unsaturated/α-hetero) is 1. The number of hydrogen-bond donors (Lipinski definition) is 3. The number of amides is 1. The van der Waals surface area contributed by atoms with Crippen molar-refractivity contribution in [3.63, 3.8) is 0 Å². The molecule has 3 N–H and O–H groups in total. The van der Waals surface area contributed by atoms with Gasteiger partial charge in [-0.1, -0.05) is 36.4 Å². The van der Waals surface area contributed by atoms with Crippen LogP contribution in [0.2, 0.25) is 0 Å². The van der Waals surface area contributed by atoms with Crippen molar-refractivity contribution in [2.75, 3.05) is 18.5 Å². The molecule has 0 heterocycles. The van der Waals surface area contributed by atoms with E-state index in [1.54, 1.807) is 60.7 Å². The number of aliphatic carboxylic acids is 1. The fourth-order valence-corrected chi connectivity index (χ4v) is 3.72. The molecule has 39 heavy (non-hydrogen) atoms. The maximum atomic E-state index is 13.0. The number of rotatable bonds is 14. The molecule has 0 saturated heterocycles. The highest BCUT2D eigenvalue weighted by atomic mass is 16.6. The van der Waals surface area contributed by atoms with Crippen LogP contribution in [0.25, 0.3) is 0 Å². The molecule has 9 heteroatoms. The second-order valence-electron chi connectivity index (χ2n) is 8.51. The normalized spacial score (nSPS) is 12.4. The van der Waals surface area contributed by atoms with E-state index in [-0.39, 0.29) is 19.0 Å². The summed E-state index contributed by atoms with van der Waals surface area (Å²) in [6.45, 7) is 1.47. The molecule has 0 aliphatic carbocycles. The van der Waals surface area contributed by atoms with E-state index in [1.165, 1.54) is 13.0 Å². The van der Waals surface area contributed by atoms with E-state index in [2.05, 4.69) is 5.32 Å². The Morgan fingerprint density at radius 2 is 1.62 bits per heavy atom. The lowest BCUT2D eigenvalue weighted by Crippen LogP contribution is -2.31. The van der Waals surface area contributed by atoms with Crippen molar-refractivity contribution in [2.45, 2.75) is 32.0 Å². The van der Waals surface area contributed by atoms with Crippen molar-refractivity contribution in [1.29, 1.82) is 0 Å². The van der Waals surface area contributed by atoms with Crippen LogP contribution >= 0.6 is 0 Å². The van der Waals surface area contributed by atoms with Crippen LogP contribution < -0.4 is 14.8 Å². The zero-order valence-corrected chi connectivity index (χ0v) is 21.5. The number of nitrogens with one attached hydrogen (secondary N) is 1. The molecule has 0 radical (unpaired) electrons. The Hall–Kier alpha value is -4.63. The number of ketones is 1. The summed E-state index contributed by atoms with van der Waals surface area (Å²) >= 11 is 0. The third-order valence-corrected chi connectivity index (χ3v) is 5.59. The van der Waals surface area contributed by atoms with E-state index in [0.29, 0.717) is 41.2 Å². The summed E-state index contributed by atoms with van der Waals surface area (Å²) in [6.07, 6.45) is 0.970. The van der Waals surface area contributed by atoms with E-state index in [0.717, 1.165) is 6.08 Å². The van der Waals surface area contributed by atoms with Crippen LogP contribution in [0.4, 0.5) is 10.5 Å². The predicted octanol–water partition coefficient (Wildman–Crippen LogP) is 5.42. The minimum Gasteiger partial charge on any atom is -0.491 e. The first-order valence-corrected chi connectivity index (χ1v) is 12.4. The molecule has 9 nitrogen and oxygen atoms in total. The second kappa shape index (κ2) is 14.9. The zero-order chi connectivity index (χ0) is 28.0. The van der Waals surface area contributed by atoms with Gasteiger partial charge < -0.3 is 24.4 Å². The first-order chi connectivity index (χ1) is 18.9. The molecule has 3 rings (SSSR count). The third-order valence-electron chi connectivity index (χ3n) is 5.59. The SMILES string of the molecule is CC(=O)c1ccc(NC(=O)O[C@@H](c2ccc(OCCO)cc2)[C@H](CC/C=C/C(=O)O)Oc2ccccc2)cc1. The van der Waals surface area contributed by atoms with Gasteiger partial charge in [-0.15, -0.1) is 0 Å². The summed E-state index contributed by atoms with van der Waals surface area (Å²) in [5.74, 6) is -0.0571. The lowest BCUT2D eigenvalue weighted by atomic mass is 10.00. The number of carbonyl (C=O) groups is 3. The van der Waals surface area contributed by atoms with Gasteiger partial charge in [-0.25, -0.2) is 9.59 Å². The predicted molar refractivity (Wildman–Crippen MR) is 145 cm³/mol. The summed E-state index contributed by atoms with van der Waals surface area (Å²) in [5.41, 5.74) is 1.58. The fraction of sp³-hybridized carbons (Fsp3) is 0.233.